The van der Waals surface area contributed by atoms with Crippen LogP contribution in [0.5, 0.6) is 5.75 Å². The Morgan fingerprint density at radius 1 is 0.965 bits per heavy atom. The molecule has 57 heavy (non-hydrogen) atoms. The molecule has 2 unspecified atom stereocenters. The van der Waals surface area contributed by atoms with Gasteiger partial charge in [-0.1, -0.05) is 0 Å². The molecular formula is C41H49F6N5O5. The highest BCUT2D eigenvalue weighted by Crippen LogP contribution is 2.46. The molecule has 2 aromatic heterocycles. The van der Waals surface area contributed by atoms with Crippen molar-refractivity contribution in [2.24, 2.45) is 23.7 Å². The summed E-state index contributed by atoms with van der Waals surface area (Å²) in [6, 6.07) is 4.86. The molecule has 16 heteroatoms. The number of amides is 1. The molecule has 3 saturated carbocycles. The number of likely N-dealkylation sites (tertiary alicyclic amines) is 1. The molecule has 3 aromatic rings. The smallest absolute Gasteiger partial charge is 0.434 e. The Hall–Kier alpha value is -3.92. The average molecular weight is 806 g/mol. The molecule has 1 amide bonds. The maximum absolute atomic E-state index is 14.6. The molecule has 10 nitrogen and oxygen atoms in total. The van der Waals surface area contributed by atoms with Crippen molar-refractivity contribution >= 4 is 22.8 Å². The molecule has 2 N–H and O–H groups in total. The number of hydrogen-bond donors (Lipinski definition) is 2. The third kappa shape index (κ3) is 9.06. The number of ether oxygens (including phenoxy) is 2. The number of alkyl halides is 6. The number of nitrogens with zero attached hydrogens (tertiary/aromatic N) is 4. The molecule has 0 spiro atoms. The molecule has 2 saturated heterocycles. The van der Waals surface area contributed by atoms with E-state index in [-0.39, 0.29) is 87.2 Å². The van der Waals surface area contributed by atoms with Gasteiger partial charge in [-0.3, -0.25) is 14.5 Å². The van der Waals surface area contributed by atoms with Crippen LogP contribution < -0.4 is 10.1 Å². The summed E-state index contributed by atoms with van der Waals surface area (Å²) in [4.78, 5) is 34.9. The van der Waals surface area contributed by atoms with Gasteiger partial charge < -0.3 is 24.5 Å². The van der Waals surface area contributed by atoms with Crippen LogP contribution in [0.25, 0.3) is 22.3 Å². The quantitative estimate of drug-likeness (QED) is 0.187. The summed E-state index contributed by atoms with van der Waals surface area (Å²) in [6.07, 6.45) is 2.74. The van der Waals surface area contributed by atoms with Gasteiger partial charge in [0.2, 0.25) is 5.92 Å². The van der Waals surface area contributed by atoms with Gasteiger partial charge in [0.1, 0.15) is 11.9 Å². The van der Waals surface area contributed by atoms with Crippen LogP contribution in [-0.4, -0.2) is 93.5 Å². The van der Waals surface area contributed by atoms with Gasteiger partial charge in [-0.2, -0.15) is 13.2 Å². The molecule has 2 aliphatic heterocycles. The van der Waals surface area contributed by atoms with Crippen LogP contribution in [-0.2, 0) is 15.7 Å². The number of aliphatic carboxylic acids is 1. The van der Waals surface area contributed by atoms with Crippen LogP contribution in [0.1, 0.15) is 99.1 Å². The molecule has 4 heterocycles. The Labute approximate surface area is 326 Å². The van der Waals surface area contributed by atoms with Gasteiger partial charge in [0, 0.05) is 80.9 Å². The lowest BCUT2D eigenvalue weighted by molar-refractivity contribution is -0.143. The topological polar surface area (TPSA) is 119 Å². The monoisotopic (exact) mass is 805 g/mol. The van der Waals surface area contributed by atoms with Crippen LogP contribution in [0.4, 0.5) is 26.3 Å². The van der Waals surface area contributed by atoms with Gasteiger partial charge in [-0.15, -0.1) is 0 Å². The predicted octanol–water partition coefficient (Wildman–Crippen LogP) is 8.10. The minimum atomic E-state index is -4.98. The Bertz CT molecular complexity index is 1940. The van der Waals surface area contributed by atoms with Crippen molar-refractivity contribution in [1.29, 1.82) is 0 Å². The Balaban J connectivity index is 1.01. The molecule has 3 aliphatic carbocycles. The summed E-state index contributed by atoms with van der Waals surface area (Å²) in [5.74, 6) is -3.39. The van der Waals surface area contributed by atoms with Gasteiger partial charge >= 0.3 is 12.1 Å². The van der Waals surface area contributed by atoms with E-state index < -0.39 is 40.9 Å². The highest BCUT2D eigenvalue weighted by molar-refractivity contribution is 5.97. The summed E-state index contributed by atoms with van der Waals surface area (Å²) >= 11 is 0. The molecule has 5 aliphatic rings. The largest absolute Gasteiger partial charge is 0.490 e. The minimum absolute atomic E-state index is 0.0712. The lowest BCUT2D eigenvalue weighted by Crippen LogP contribution is -2.55. The summed E-state index contributed by atoms with van der Waals surface area (Å²) in [7, 11) is 0. The number of rotatable bonds is 11. The fourth-order valence-corrected chi connectivity index (χ4v) is 10.2. The van der Waals surface area contributed by atoms with Gasteiger partial charge in [-0.05, 0) is 93.6 Å². The van der Waals surface area contributed by atoms with Crippen molar-refractivity contribution in [3.8, 4) is 17.1 Å². The van der Waals surface area contributed by atoms with E-state index in [4.69, 9.17) is 9.47 Å². The summed E-state index contributed by atoms with van der Waals surface area (Å²) in [5.41, 5.74) is -2.50. The Morgan fingerprint density at radius 3 is 2.28 bits per heavy atom. The van der Waals surface area contributed by atoms with E-state index in [1.807, 2.05) is 4.57 Å². The third-order valence-electron chi connectivity index (χ3n) is 12.8. The maximum Gasteiger partial charge on any atom is 0.434 e. The van der Waals surface area contributed by atoms with Gasteiger partial charge in [-0.25, -0.2) is 23.1 Å². The number of fused-ring (bicyclic) bond motifs is 3. The predicted molar refractivity (Wildman–Crippen MR) is 197 cm³/mol. The number of carbonyl (C=O) groups excluding carboxylic acids is 1. The van der Waals surface area contributed by atoms with Crippen molar-refractivity contribution in [2.45, 2.75) is 107 Å². The molecular weight excluding hydrogens is 756 g/mol. The summed E-state index contributed by atoms with van der Waals surface area (Å²) < 4.78 is 100. The molecule has 0 radical (unpaired) electrons. The number of aromatic nitrogens is 3. The van der Waals surface area contributed by atoms with Crippen molar-refractivity contribution in [2.75, 3.05) is 39.4 Å². The van der Waals surface area contributed by atoms with Crippen LogP contribution >= 0.6 is 0 Å². The Kier molecular flexibility index (Phi) is 11.0. The lowest BCUT2D eigenvalue weighted by atomic mass is 9.64. The lowest BCUT2D eigenvalue weighted by Gasteiger charge is -2.42. The van der Waals surface area contributed by atoms with E-state index in [0.29, 0.717) is 61.0 Å². The SMILES string of the molecule is O=C(O)CC1CC2CC(CNC(=O)c3cnc(-c4cn(C5CCC(F)(F)CC5)c5cc(OC6CCN(CC7(F)COC7)CC6)ccc45)nc3C(F)(F)F)CC(C1)C2. The van der Waals surface area contributed by atoms with Crippen LogP contribution in [0, 0.1) is 23.7 Å². The number of carboxylic acids is 1. The second-order valence-corrected chi connectivity index (χ2v) is 17.4. The third-order valence-corrected chi connectivity index (χ3v) is 12.8. The number of carboxylic acid groups (broad SMARTS) is 1. The van der Waals surface area contributed by atoms with Crippen molar-refractivity contribution < 1.29 is 50.5 Å². The second-order valence-electron chi connectivity index (χ2n) is 17.4. The number of piperidine rings is 1. The molecule has 310 valence electrons. The van der Waals surface area contributed by atoms with Crippen molar-refractivity contribution in [3.63, 3.8) is 0 Å². The molecule has 2 atom stereocenters. The fourth-order valence-electron chi connectivity index (χ4n) is 10.2. The number of benzene rings is 1. The normalized spacial score (nSPS) is 26.8. The number of halogens is 6. The number of carbonyl (C=O) groups is 2. The first-order chi connectivity index (χ1) is 27.1. The first kappa shape index (κ1) is 39.9. The molecule has 2 bridgehead atoms. The van der Waals surface area contributed by atoms with Gasteiger partial charge in [0.05, 0.1) is 24.3 Å². The number of hydrogen-bond acceptors (Lipinski definition) is 7. The van der Waals surface area contributed by atoms with E-state index in [0.717, 1.165) is 38.3 Å². The zero-order valence-electron chi connectivity index (χ0n) is 31.7. The van der Waals surface area contributed by atoms with E-state index in [1.165, 1.54) is 0 Å². The maximum atomic E-state index is 14.6. The van der Waals surface area contributed by atoms with Crippen LogP contribution in [0.2, 0.25) is 0 Å². The van der Waals surface area contributed by atoms with E-state index in [2.05, 4.69) is 20.2 Å². The van der Waals surface area contributed by atoms with Crippen molar-refractivity contribution in [1.82, 2.24) is 24.8 Å². The van der Waals surface area contributed by atoms with Crippen molar-refractivity contribution in [3.05, 3.63) is 41.9 Å². The molecule has 8 rings (SSSR count). The highest BCUT2D eigenvalue weighted by Gasteiger charge is 2.42. The minimum Gasteiger partial charge on any atom is -0.490 e. The Morgan fingerprint density at radius 2 is 1.65 bits per heavy atom. The van der Waals surface area contributed by atoms with E-state index >= 15 is 0 Å². The van der Waals surface area contributed by atoms with Crippen LogP contribution in [0.15, 0.2) is 30.6 Å². The summed E-state index contributed by atoms with van der Waals surface area (Å²) in [5, 5.41) is 12.4. The highest BCUT2D eigenvalue weighted by atomic mass is 19.4. The van der Waals surface area contributed by atoms with Gasteiger partial charge in [0.25, 0.3) is 5.91 Å². The van der Waals surface area contributed by atoms with E-state index in [9.17, 15) is 41.0 Å². The first-order valence-corrected chi connectivity index (χ1v) is 20.2. The first-order valence-electron chi connectivity index (χ1n) is 20.2. The molecule has 5 fully saturated rings. The van der Waals surface area contributed by atoms with Gasteiger partial charge in [0.15, 0.2) is 17.2 Å². The fraction of sp³-hybridized carbons (Fsp3) is 0.659. The zero-order chi connectivity index (χ0) is 40.1. The average Bonchev–Trinajstić information content (AvgIpc) is 3.51. The standard InChI is InChI=1S/C41H49F6N5O5/c42-39(22-56-23-39)21-51-9-5-29(6-10-51)57-30-1-2-31-33(20-52(34(31)17-30)28-3-7-40(43,44)8-4-28)37-48-19-32(36(50-37)41(45,46)47)38(55)49-18-27-14-24-11-25(15-27)13-26(12-24)16-35(53)54/h1-2,17,19-20,24-29H,3-16,18,21-23H2,(H,49,55)(H,53,54). The summed E-state index contributed by atoms with van der Waals surface area (Å²) in [6.45, 7) is 2.02. The van der Waals surface area contributed by atoms with E-state index in [1.54, 1.807) is 24.4 Å². The number of nitrogens with one attached hydrogen (secondary N) is 1. The molecule has 1 aromatic carbocycles. The second kappa shape index (κ2) is 15.7. The zero-order valence-corrected chi connectivity index (χ0v) is 31.7. The van der Waals surface area contributed by atoms with Crippen LogP contribution in [0.3, 0.4) is 0 Å².